The molecule has 0 aromatic heterocycles. The molecule has 92 valence electrons. The molecule has 0 amide bonds. The standard InChI is InChI=1S/C10H8N4O3S/c11-13-7-3-1-2-6-9(18(15,16)17)5-4-8(14-12)10(6)7/h1-5,9-10H,(H,15,16,17). The lowest BCUT2D eigenvalue weighted by Crippen LogP contribution is -2.38. The number of fused-ring (bicyclic) bond motifs is 1. The highest BCUT2D eigenvalue weighted by Crippen LogP contribution is 2.30. The average Bonchev–Trinajstić information content (AvgIpc) is 2.35. The van der Waals surface area contributed by atoms with Crippen molar-refractivity contribution in [2.75, 3.05) is 0 Å². The number of nitrogens with zero attached hydrogens (tertiary/aromatic N) is 4. The highest BCUT2D eigenvalue weighted by Gasteiger charge is 2.45. The van der Waals surface area contributed by atoms with E-state index in [-0.39, 0.29) is 17.0 Å². The summed E-state index contributed by atoms with van der Waals surface area (Å²) in [4.78, 5) is 6.07. The van der Waals surface area contributed by atoms with Crippen LogP contribution in [-0.4, -0.2) is 39.2 Å². The molecule has 0 saturated heterocycles. The van der Waals surface area contributed by atoms with Crippen molar-refractivity contribution in [3.8, 4) is 0 Å². The maximum absolute atomic E-state index is 11.3. The molecule has 2 aliphatic rings. The van der Waals surface area contributed by atoms with E-state index in [4.69, 9.17) is 15.6 Å². The number of rotatable bonds is 1. The molecule has 18 heavy (non-hydrogen) atoms. The molecule has 0 radical (unpaired) electrons. The van der Waals surface area contributed by atoms with Gasteiger partial charge in [0.2, 0.25) is 0 Å². The minimum Gasteiger partial charge on any atom is -0.361 e. The van der Waals surface area contributed by atoms with Crippen molar-refractivity contribution in [2.45, 2.75) is 5.25 Å². The summed E-state index contributed by atoms with van der Waals surface area (Å²) in [5.41, 5.74) is 18.3. The van der Waals surface area contributed by atoms with Gasteiger partial charge in [-0.25, -0.2) is 0 Å². The van der Waals surface area contributed by atoms with Crippen molar-refractivity contribution in [3.63, 3.8) is 0 Å². The third-order valence-corrected chi connectivity index (χ3v) is 3.87. The Morgan fingerprint density at radius 3 is 2.33 bits per heavy atom. The van der Waals surface area contributed by atoms with Gasteiger partial charge in [-0.15, -0.1) is 0 Å². The number of hydrogen-bond donors (Lipinski definition) is 1. The first-order valence-electron chi connectivity index (χ1n) is 4.95. The molecule has 0 bridgehead atoms. The van der Waals surface area contributed by atoms with Crippen LogP contribution in [0.2, 0.25) is 0 Å². The lowest BCUT2D eigenvalue weighted by Gasteiger charge is -2.22. The minimum atomic E-state index is -4.32. The molecule has 2 rings (SSSR count). The van der Waals surface area contributed by atoms with E-state index in [0.29, 0.717) is 0 Å². The topological polar surface area (TPSA) is 127 Å². The molecule has 0 aromatic rings. The zero-order chi connectivity index (χ0) is 13.3. The third-order valence-electron chi connectivity index (χ3n) is 2.80. The molecule has 2 aliphatic carbocycles. The van der Waals surface area contributed by atoms with Crippen LogP contribution in [-0.2, 0) is 10.1 Å². The van der Waals surface area contributed by atoms with E-state index in [1.807, 2.05) is 0 Å². The van der Waals surface area contributed by atoms with E-state index >= 15 is 0 Å². The van der Waals surface area contributed by atoms with Crippen LogP contribution < -0.4 is 0 Å². The maximum atomic E-state index is 11.3. The minimum absolute atomic E-state index is 0.137. The molecule has 1 N–H and O–H groups in total. The van der Waals surface area contributed by atoms with Crippen LogP contribution in [0.1, 0.15) is 0 Å². The molecule has 0 spiro atoms. The molecule has 0 saturated carbocycles. The van der Waals surface area contributed by atoms with Gasteiger partial charge in [0, 0.05) is 12.2 Å². The van der Waals surface area contributed by atoms with E-state index in [0.717, 1.165) is 0 Å². The Balaban J connectivity index is 2.69. The Hall–Kier alpha value is -2.11. The number of allylic oxidation sites excluding steroid dienone is 4. The smallest absolute Gasteiger partial charge is 0.311 e. The second kappa shape index (κ2) is 4.29. The van der Waals surface area contributed by atoms with Gasteiger partial charge in [0.25, 0.3) is 10.1 Å². The van der Waals surface area contributed by atoms with Gasteiger partial charge in [-0.1, -0.05) is 18.2 Å². The van der Waals surface area contributed by atoms with Crippen LogP contribution in [0.25, 0.3) is 11.1 Å². The fraction of sp³-hybridized carbons (Fsp3) is 0.200. The van der Waals surface area contributed by atoms with Gasteiger partial charge < -0.3 is 11.1 Å². The van der Waals surface area contributed by atoms with E-state index in [9.17, 15) is 8.42 Å². The fourth-order valence-corrected chi connectivity index (χ4v) is 2.88. The van der Waals surface area contributed by atoms with Gasteiger partial charge in [-0.3, -0.25) is 4.55 Å². The SMILES string of the molecule is [N-]=[N+]=C1C=CC=C2C1C(=[N+]=[N-])C=CC2S(=O)(=O)O. The van der Waals surface area contributed by atoms with Crippen LogP contribution in [0.5, 0.6) is 0 Å². The second-order valence-corrected chi connectivity index (χ2v) is 5.34. The van der Waals surface area contributed by atoms with Crippen molar-refractivity contribution in [1.82, 2.24) is 0 Å². The first kappa shape index (κ1) is 12.3. The summed E-state index contributed by atoms with van der Waals surface area (Å²) in [5.74, 6) is -0.790. The second-order valence-electron chi connectivity index (χ2n) is 3.80. The van der Waals surface area contributed by atoms with E-state index < -0.39 is 21.3 Å². The Morgan fingerprint density at radius 2 is 1.78 bits per heavy atom. The zero-order valence-electron chi connectivity index (χ0n) is 9.00. The van der Waals surface area contributed by atoms with E-state index in [1.54, 1.807) is 0 Å². The van der Waals surface area contributed by atoms with Gasteiger partial charge in [0.05, 0.1) is 0 Å². The first-order valence-corrected chi connectivity index (χ1v) is 6.46. The van der Waals surface area contributed by atoms with Crippen molar-refractivity contribution >= 4 is 21.5 Å². The van der Waals surface area contributed by atoms with Crippen molar-refractivity contribution in [2.24, 2.45) is 5.92 Å². The Kier molecular flexibility index (Phi) is 2.94. The Labute approximate surface area is 103 Å². The zero-order valence-corrected chi connectivity index (χ0v) is 9.82. The van der Waals surface area contributed by atoms with Crippen LogP contribution in [0, 0.1) is 5.92 Å². The summed E-state index contributed by atoms with van der Waals surface area (Å²) >= 11 is 0. The average molecular weight is 264 g/mol. The van der Waals surface area contributed by atoms with Crippen molar-refractivity contribution in [1.29, 1.82) is 0 Å². The molecule has 0 heterocycles. The normalized spacial score (nSPS) is 26.2. The molecular weight excluding hydrogens is 256 g/mol. The van der Waals surface area contributed by atoms with Gasteiger partial charge in [-0.05, 0) is 5.57 Å². The predicted octanol–water partition coefficient (Wildman–Crippen LogP) is 0.267. The Bertz CT molecular complexity index is 689. The summed E-state index contributed by atoms with van der Waals surface area (Å²) in [7, 11) is -4.32. The van der Waals surface area contributed by atoms with Gasteiger partial charge in [0.15, 0.2) is 5.92 Å². The van der Waals surface area contributed by atoms with Crippen LogP contribution in [0.3, 0.4) is 0 Å². The summed E-state index contributed by atoms with van der Waals surface area (Å²) in [5, 5.41) is -1.24. The quantitative estimate of drug-likeness (QED) is 0.414. The highest BCUT2D eigenvalue weighted by molar-refractivity contribution is 7.86. The molecule has 0 aliphatic heterocycles. The van der Waals surface area contributed by atoms with Gasteiger partial charge >= 0.3 is 11.4 Å². The lowest BCUT2D eigenvalue weighted by molar-refractivity contribution is -0.0194. The van der Waals surface area contributed by atoms with Crippen LogP contribution >= 0.6 is 0 Å². The summed E-state index contributed by atoms with van der Waals surface area (Å²) < 4.78 is 31.7. The van der Waals surface area contributed by atoms with Crippen LogP contribution in [0.4, 0.5) is 0 Å². The molecule has 2 unspecified atom stereocenters. The summed E-state index contributed by atoms with van der Waals surface area (Å²) in [6, 6.07) is 0. The number of hydrogen-bond acceptors (Lipinski definition) is 2. The van der Waals surface area contributed by atoms with Crippen LogP contribution in [0.15, 0.2) is 36.0 Å². The molecule has 2 atom stereocenters. The first-order chi connectivity index (χ1) is 8.49. The largest absolute Gasteiger partial charge is 0.361 e. The molecule has 7 nitrogen and oxygen atoms in total. The highest BCUT2D eigenvalue weighted by atomic mass is 32.2. The molecule has 0 fully saturated rings. The van der Waals surface area contributed by atoms with Gasteiger partial charge in [-0.2, -0.15) is 18.0 Å². The monoisotopic (exact) mass is 264 g/mol. The molecule has 0 aromatic carbocycles. The summed E-state index contributed by atoms with van der Waals surface area (Å²) in [6.45, 7) is 0. The van der Waals surface area contributed by atoms with Crippen molar-refractivity contribution in [3.05, 3.63) is 47.0 Å². The van der Waals surface area contributed by atoms with Crippen molar-refractivity contribution < 1.29 is 22.6 Å². The molecule has 8 heteroatoms. The third kappa shape index (κ3) is 1.90. The lowest BCUT2D eigenvalue weighted by atomic mass is 9.80. The fourth-order valence-electron chi connectivity index (χ4n) is 2.05. The maximum Gasteiger partial charge on any atom is 0.311 e. The predicted molar refractivity (Wildman–Crippen MR) is 62.4 cm³/mol. The van der Waals surface area contributed by atoms with E-state index in [1.165, 1.54) is 30.4 Å². The summed E-state index contributed by atoms with van der Waals surface area (Å²) in [6.07, 6.45) is 6.91. The molecular formula is C10H8N4O3S. The van der Waals surface area contributed by atoms with Gasteiger partial charge in [0.1, 0.15) is 5.25 Å². The Morgan fingerprint density at radius 1 is 1.17 bits per heavy atom. The van der Waals surface area contributed by atoms with E-state index in [2.05, 4.69) is 9.58 Å².